The lowest BCUT2D eigenvalue weighted by Crippen LogP contribution is -2.08. The van der Waals surface area contributed by atoms with Crippen LogP contribution in [0.1, 0.15) is 11.1 Å². The van der Waals surface area contributed by atoms with Gasteiger partial charge in [-0.3, -0.25) is 5.10 Å². The van der Waals surface area contributed by atoms with Crippen LogP contribution in [0.25, 0.3) is 11.3 Å². The van der Waals surface area contributed by atoms with Crippen LogP contribution in [-0.4, -0.2) is 24.3 Å². The SMILES string of the molecule is CN(C)c1ccc(Nc2n[nH]c3c2Cc2cc(N)ccc2-3)cc1. The van der Waals surface area contributed by atoms with Crippen LogP contribution in [0.5, 0.6) is 0 Å². The molecule has 1 aliphatic rings. The zero-order valence-corrected chi connectivity index (χ0v) is 13.2. The molecule has 4 N–H and O–H groups in total. The topological polar surface area (TPSA) is 70.0 Å². The number of anilines is 4. The Labute approximate surface area is 135 Å². The molecule has 1 heterocycles. The molecule has 0 aliphatic heterocycles. The number of rotatable bonds is 3. The first-order chi connectivity index (χ1) is 11.1. The highest BCUT2D eigenvalue weighted by molar-refractivity contribution is 5.81. The van der Waals surface area contributed by atoms with Crippen molar-refractivity contribution in [1.29, 1.82) is 0 Å². The molecule has 2 aromatic carbocycles. The molecule has 0 amide bonds. The predicted molar refractivity (Wildman–Crippen MR) is 95.3 cm³/mol. The van der Waals surface area contributed by atoms with Gasteiger partial charge in [0, 0.05) is 48.7 Å². The van der Waals surface area contributed by atoms with E-state index in [0.29, 0.717) is 0 Å². The second kappa shape index (κ2) is 5.05. The maximum Gasteiger partial charge on any atom is 0.156 e. The summed E-state index contributed by atoms with van der Waals surface area (Å²) in [5.74, 6) is 0.882. The van der Waals surface area contributed by atoms with Crippen molar-refractivity contribution in [3.05, 3.63) is 53.6 Å². The molecule has 1 aliphatic carbocycles. The molecule has 0 radical (unpaired) electrons. The standard InChI is InChI=1S/C18H19N5/c1-23(2)14-6-4-13(5-7-14)20-18-16-10-11-9-12(19)3-8-15(11)17(16)21-22-18/h3-9H,10,19H2,1-2H3,(H2,20,21,22). The van der Waals surface area contributed by atoms with Gasteiger partial charge in [-0.05, 0) is 42.0 Å². The third-order valence-electron chi connectivity index (χ3n) is 4.28. The first kappa shape index (κ1) is 13.7. The minimum absolute atomic E-state index is 0.802. The number of aromatic nitrogens is 2. The van der Waals surface area contributed by atoms with E-state index in [1.54, 1.807) is 0 Å². The van der Waals surface area contributed by atoms with Crippen molar-refractivity contribution in [2.24, 2.45) is 0 Å². The van der Waals surface area contributed by atoms with Crippen LogP contribution in [0.15, 0.2) is 42.5 Å². The number of hydrogen-bond donors (Lipinski definition) is 3. The van der Waals surface area contributed by atoms with Gasteiger partial charge in [0.05, 0.1) is 5.69 Å². The fourth-order valence-corrected chi connectivity index (χ4v) is 3.04. The van der Waals surface area contributed by atoms with Crippen molar-refractivity contribution < 1.29 is 0 Å². The molecule has 3 aromatic rings. The fourth-order valence-electron chi connectivity index (χ4n) is 3.04. The van der Waals surface area contributed by atoms with Gasteiger partial charge in [0.1, 0.15) is 0 Å². The van der Waals surface area contributed by atoms with E-state index >= 15 is 0 Å². The fraction of sp³-hybridized carbons (Fsp3) is 0.167. The molecule has 116 valence electrons. The lowest BCUT2D eigenvalue weighted by Gasteiger charge is -2.13. The number of nitrogens with two attached hydrogens (primary N) is 1. The van der Waals surface area contributed by atoms with Crippen molar-refractivity contribution in [1.82, 2.24) is 10.2 Å². The molecular formula is C18H19N5. The number of nitrogens with zero attached hydrogens (tertiary/aromatic N) is 2. The van der Waals surface area contributed by atoms with Gasteiger partial charge in [0.25, 0.3) is 0 Å². The van der Waals surface area contributed by atoms with Gasteiger partial charge in [-0.25, -0.2) is 0 Å². The van der Waals surface area contributed by atoms with E-state index in [0.717, 1.165) is 29.3 Å². The summed E-state index contributed by atoms with van der Waals surface area (Å²) in [6, 6.07) is 14.3. The van der Waals surface area contributed by atoms with Crippen LogP contribution >= 0.6 is 0 Å². The summed E-state index contributed by atoms with van der Waals surface area (Å²) in [5, 5.41) is 11.0. The Balaban J connectivity index is 1.62. The molecular weight excluding hydrogens is 286 g/mol. The van der Waals surface area contributed by atoms with Crippen LogP contribution in [0.4, 0.5) is 22.9 Å². The lowest BCUT2D eigenvalue weighted by atomic mass is 10.1. The molecule has 5 nitrogen and oxygen atoms in total. The molecule has 1 aromatic heterocycles. The quantitative estimate of drug-likeness (QED) is 0.508. The maximum atomic E-state index is 5.89. The Morgan fingerprint density at radius 2 is 1.91 bits per heavy atom. The summed E-state index contributed by atoms with van der Waals surface area (Å²) in [6.45, 7) is 0. The van der Waals surface area contributed by atoms with Crippen LogP contribution in [-0.2, 0) is 6.42 Å². The van der Waals surface area contributed by atoms with Gasteiger partial charge in [-0.2, -0.15) is 5.10 Å². The van der Waals surface area contributed by atoms with Crippen molar-refractivity contribution in [2.75, 3.05) is 30.0 Å². The molecule has 0 unspecified atom stereocenters. The maximum absolute atomic E-state index is 5.89. The lowest BCUT2D eigenvalue weighted by molar-refractivity contribution is 1.09. The molecule has 0 spiro atoms. The summed E-state index contributed by atoms with van der Waals surface area (Å²) < 4.78 is 0. The van der Waals surface area contributed by atoms with Gasteiger partial charge in [0.15, 0.2) is 5.82 Å². The van der Waals surface area contributed by atoms with Crippen LogP contribution in [0.2, 0.25) is 0 Å². The van der Waals surface area contributed by atoms with Crippen LogP contribution < -0.4 is 16.0 Å². The van der Waals surface area contributed by atoms with E-state index < -0.39 is 0 Å². The van der Waals surface area contributed by atoms with E-state index in [1.165, 1.54) is 22.4 Å². The molecule has 5 heteroatoms. The minimum atomic E-state index is 0.802. The van der Waals surface area contributed by atoms with E-state index in [-0.39, 0.29) is 0 Å². The number of aromatic amines is 1. The Morgan fingerprint density at radius 3 is 2.65 bits per heavy atom. The third kappa shape index (κ3) is 2.30. The second-order valence-electron chi connectivity index (χ2n) is 6.09. The average molecular weight is 305 g/mol. The summed E-state index contributed by atoms with van der Waals surface area (Å²) in [4.78, 5) is 2.08. The molecule has 23 heavy (non-hydrogen) atoms. The normalized spacial score (nSPS) is 11.9. The first-order valence-corrected chi connectivity index (χ1v) is 7.62. The van der Waals surface area contributed by atoms with Crippen molar-refractivity contribution in [2.45, 2.75) is 6.42 Å². The molecule has 0 saturated carbocycles. The minimum Gasteiger partial charge on any atom is -0.399 e. The number of nitrogen functional groups attached to an aromatic ring is 1. The zero-order valence-electron chi connectivity index (χ0n) is 13.2. The van der Waals surface area contributed by atoms with Gasteiger partial charge in [0.2, 0.25) is 0 Å². The summed E-state index contributed by atoms with van der Waals surface area (Å²) >= 11 is 0. The Bertz CT molecular complexity index is 862. The molecule has 0 atom stereocenters. The van der Waals surface area contributed by atoms with Crippen molar-refractivity contribution in [3.8, 4) is 11.3 Å². The highest BCUT2D eigenvalue weighted by atomic mass is 15.2. The molecule has 0 fully saturated rings. The summed E-state index contributed by atoms with van der Waals surface area (Å²) in [7, 11) is 4.07. The molecule has 4 rings (SSSR count). The summed E-state index contributed by atoms with van der Waals surface area (Å²) in [5.41, 5.74) is 13.6. The van der Waals surface area contributed by atoms with Crippen LogP contribution in [0.3, 0.4) is 0 Å². The highest BCUT2D eigenvalue weighted by Gasteiger charge is 2.24. The Hall–Kier alpha value is -2.95. The number of fused-ring (bicyclic) bond motifs is 3. The van der Waals surface area contributed by atoms with E-state index in [4.69, 9.17) is 5.73 Å². The smallest absolute Gasteiger partial charge is 0.156 e. The number of hydrogen-bond acceptors (Lipinski definition) is 4. The van der Waals surface area contributed by atoms with Crippen molar-refractivity contribution in [3.63, 3.8) is 0 Å². The second-order valence-corrected chi connectivity index (χ2v) is 6.09. The highest BCUT2D eigenvalue weighted by Crippen LogP contribution is 2.40. The van der Waals surface area contributed by atoms with Crippen LogP contribution in [0, 0.1) is 0 Å². The molecule has 0 bridgehead atoms. The monoisotopic (exact) mass is 305 g/mol. The summed E-state index contributed by atoms with van der Waals surface area (Å²) in [6.07, 6.45) is 0.852. The largest absolute Gasteiger partial charge is 0.399 e. The van der Waals surface area contributed by atoms with Crippen molar-refractivity contribution >= 4 is 22.9 Å². The molecule has 0 saturated heterocycles. The average Bonchev–Trinajstić information content (AvgIpc) is 3.07. The first-order valence-electron chi connectivity index (χ1n) is 7.62. The Kier molecular flexibility index (Phi) is 3.01. The van der Waals surface area contributed by atoms with Gasteiger partial charge in [-0.1, -0.05) is 6.07 Å². The zero-order chi connectivity index (χ0) is 16.0. The van der Waals surface area contributed by atoms with Gasteiger partial charge >= 0.3 is 0 Å². The number of H-pyrrole nitrogens is 1. The third-order valence-corrected chi connectivity index (χ3v) is 4.28. The van der Waals surface area contributed by atoms with E-state index in [1.807, 2.05) is 26.2 Å². The van der Waals surface area contributed by atoms with E-state index in [2.05, 4.69) is 50.7 Å². The van der Waals surface area contributed by atoms with E-state index in [9.17, 15) is 0 Å². The predicted octanol–water partition coefficient (Wildman–Crippen LogP) is 3.37. The Morgan fingerprint density at radius 1 is 1.13 bits per heavy atom. The van der Waals surface area contributed by atoms with Gasteiger partial charge < -0.3 is 16.0 Å². The number of nitrogens with one attached hydrogen (secondary N) is 2. The number of benzene rings is 2. The van der Waals surface area contributed by atoms with Gasteiger partial charge in [-0.15, -0.1) is 0 Å².